The van der Waals surface area contributed by atoms with Crippen LogP contribution in [0, 0.1) is 0 Å². The maximum Gasteiger partial charge on any atom is 0.248 e. The highest BCUT2D eigenvalue weighted by atomic mass is 35.5. The molecule has 2 fully saturated rings. The fraction of sp³-hybridized carbons (Fsp3) is 0.929. The van der Waals surface area contributed by atoms with E-state index in [1.807, 2.05) is 4.90 Å². The Kier molecular flexibility index (Phi) is 7.73. The first-order valence-corrected chi connectivity index (χ1v) is 7.40. The molecular formula is C14H27ClN2O2. The van der Waals surface area contributed by atoms with Gasteiger partial charge in [0.25, 0.3) is 0 Å². The van der Waals surface area contributed by atoms with Gasteiger partial charge in [-0.1, -0.05) is 12.8 Å². The predicted octanol–water partition coefficient (Wildman–Crippen LogP) is 2.10. The van der Waals surface area contributed by atoms with Crippen molar-refractivity contribution in [3.63, 3.8) is 0 Å². The molecule has 2 N–H and O–H groups in total. The number of hydrogen-bond donors (Lipinski definition) is 1. The lowest BCUT2D eigenvalue weighted by atomic mass is 9.94. The lowest BCUT2D eigenvalue weighted by Crippen LogP contribution is -2.37. The Morgan fingerprint density at radius 1 is 1.05 bits per heavy atom. The number of nitrogens with zero attached hydrogens (tertiary/aromatic N) is 1. The summed E-state index contributed by atoms with van der Waals surface area (Å²) in [6.45, 7) is 2.09. The molecule has 112 valence electrons. The molecule has 19 heavy (non-hydrogen) atoms. The molecule has 0 atom stereocenters. The predicted molar refractivity (Wildman–Crippen MR) is 78.5 cm³/mol. The monoisotopic (exact) mass is 290 g/mol. The SMILES string of the molecule is Cl.NC1CCC(OCC(=O)N2CCCCCC2)CC1. The normalized spacial score (nSPS) is 28.4. The molecule has 0 radical (unpaired) electrons. The van der Waals surface area contributed by atoms with Crippen molar-refractivity contribution < 1.29 is 9.53 Å². The molecule has 5 heteroatoms. The zero-order valence-corrected chi connectivity index (χ0v) is 12.5. The molecule has 0 unspecified atom stereocenters. The number of carbonyl (C=O) groups excluding carboxylic acids is 1. The molecule has 0 aromatic rings. The van der Waals surface area contributed by atoms with Crippen molar-refractivity contribution in [1.82, 2.24) is 4.90 Å². The highest BCUT2D eigenvalue weighted by Gasteiger charge is 2.21. The third kappa shape index (κ3) is 5.67. The molecule has 4 nitrogen and oxygen atoms in total. The molecule has 2 rings (SSSR count). The molecule has 1 aliphatic heterocycles. The molecule has 0 bridgehead atoms. The first-order valence-electron chi connectivity index (χ1n) is 7.40. The van der Waals surface area contributed by atoms with E-state index < -0.39 is 0 Å². The van der Waals surface area contributed by atoms with Gasteiger partial charge in [0.1, 0.15) is 6.61 Å². The van der Waals surface area contributed by atoms with Crippen LogP contribution in [0.4, 0.5) is 0 Å². The summed E-state index contributed by atoms with van der Waals surface area (Å²) in [7, 11) is 0. The third-order valence-corrected chi connectivity index (χ3v) is 4.12. The maximum atomic E-state index is 12.0. The van der Waals surface area contributed by atoms with Crippen LogP contribution in [0.15, 0.2) is 0 Å². The number of hydrogen-bond acceptors (Lipinski definition) is 3. The molecule has 0 aromatic carbocycles. The van der Waals surface area contributed by atoms with Gasteiger partial charge >= 0.3 is 0 Å². The van der Waals surface area contributed by atoms with Crippen LogP contribution in [0.5, 0.6) is 0 Å². The summed E-state index contributed by atoms with van der Waals surface area (Å²) in [5.74, 6) is 0.173. The van der Waals surface area contributed by atoms with Crippen LogP contribution in [-0.4, -0.2) is 42.6 Å². The zero-order chi connectivity index (χ0) is 12.8. The van der Waals surface area contributed by atoms with Crippen LogP contribution < -0.4 is 5.73 Å². The summed E-state index contributed by atoms with van der Waals surface area (Å²) >= 11 is 0. The average Bonchev–Trinajstić information content (AvgIpc) is 2.66. The van der Waals surface area contributed by atoms with E-state index in [0.29, 0.717) is 6.04 Å². The number of carbonyl (C=O) groups is 1. The minimum absolute atomic E-state index is 0. The van der Waals surface area contributed by atoms with Crippen molar-refractivity contribution in [2.75, 3.05) is 19.7 Å². The van der Waals surface area contributed by atoms with E-state index in [0.717, 1.165) is 51.6 Å². The van der Waals surface area contributed by atoms with E-state index in [1.165, 1.54) is 12.8 Å². The van der Waals surface area contributed by atoms with Gasteiger partial charge in [-0.2, -0.15) is 0 Å². The lowest BCUT2D eigenvalue weighted by Gasteiger charge is -2.27. The Morgan fingerprint density at radius 2 is 1.63 bits per heavy atom. The summed E-state index contributed by atoms with van der Waals surface area (Å²) < 4.78 is 5.74. The van der Waals surface area contributed by atoms with Gasteiger partial charge in [0.2, 0.25) is 5.91 Å². The summed E-state index contributed by atoms with van der Waals surface area (Å²) in [5, 5.41) is 0. The van der Waals surface area contributed by atoms with Crippen LogP contribution >= 0.6 is 12.4 Å². The Hall–Kier alpha value is -0.320. The largest absolute Gasteiger partial charge is 0.368 e. The van der Waals surface area contributed by atoms with E-state index in [4.69, 9.17) is 10.5 Å². The van der Waals surface area contributed by atoms with Gasteiger partial charge in [-0.25, -0.2) is 0 Å². The molecule has 1 amide bonds. The molecular weight excluding hydrogens is 264 g/mol. The zero-order valence-electron chi connectivity index (χ0n) is 11.7. The molecule has 1 heterocycles. The first-order chi connectivity index (χ1) is 8.75. The summed E-state index contributed by atoms with van der Waals surface area (Å²) in [4.78, 5) is 14.0. The fourth-order valence-electron chi connectivity index (χ4n) is 2.86. The molecule has 1 saturated carbocycles. The number of rotatable bonds is 3. The minimum atomic E-state index is 0. The van der Waals surface area contributed by atoms with Crippen molar-refractivity contribution in [1.29, 1.82) is 0 Å². The minimum Gasteiger partial charge on any atom is -0.368 e. The average molecular weight is 291 g/mol. The van der Waals surface area contributed by atoms with Gasteiger partial charge in [-0.3, -0.25) is 4.79 Å². The van der Waals surface area contributed by atoms with Crippen LogP contribution in [-0.2, 0) is 9.53 Å². The van der Waals surface area contributed by atoms with Crippen LogP contribution in [0.3, 0.4) is 0 Å². The summed E-state index contributed by atoms with van der Waals surface area (Å²) in [6, 6.07) is 0.339. The van der Waals surface area contributed by atoms with Gasteiger partial charge in [-0.15, -0.1) is 12.4 Å². The topological polar surface area (TPSA) is 55.6 Å². The van der Waals surface area contributed by atoms with Crippen molar-refractivity contribution in [2.45, 2.75) is 63.5 Å². The Balaban J connectivity index is 0.00000180. The molecule has 2 aliphatic rings. The lowest BCUT2D eigenvalue weighted by molar-refractivity contribution is -0.138. The number of amides is 1. The number of likely N-dealkylation sites (tertiary alicyclic amines) is 1. The van der Waals surface area contributed by atoms with Gasteiger partial charge in [0, 0.05) is 19.1 Å². The van der Waals surface area contributed by atoms with E-state index >= 15 is 0 Å². The Labute approximate surface area is 122 Å². The van der Waals surface area contributed by atoms with E-state index in [1.54, 1.807) is 0 Å². The first kappa shape index (κ1) is 16.7. The van der Waals surface area contributed by atoms with E-state index in [2.05, 4.69) is 0 Å². The maximum absolute atomic E-state index is 12.0. The number of ether oxygens (including phenoxy) is 1. The smallest absolute Gasteiger partial charge is 0.248 e. The van der Waals surface area contributed by atoms with Crippen molar-refractivity contribution in [3.05, 3.63) is 0 Å². The van der Waals surface area contributed by atoms with Gasteiger partial charge in [0.05, 0.1) is 6.10 Å². The Bertz CT molecular complexity index is 260. The van der Waals surface area contributed by atoms with Crippen molar-refractivity contribution in [2.24, 2.45) is 5.73 Å². The second-order valence-corrected chi connectivity index (χ2v) is 5.64. The van der Waals surface area contributed by atoms with Gasteiger partial charge in [0.15, 0.2) is 0 Å². The Morgan fingerprint density at radius 3 is 2.21 bits per heavy atom. The second-order valence-electron chi connectivity index (χ2n) is 5.64. The molecule has 0 spiro atoms. The second kappa shape index (κ2) is 8.77. The fourth-order valence-corrected chi connectivity index (χ4v) is 2.86. The standard InChI is InChI=1S/C14H26N2O2.ClH/c15-12-5-7-13(8-6-12)18-11-14(17)16-9-3-1-2-4-10-16;/h12-13H,1-11,15H2;1H. The van der Waals surface area contributed by atoms with Crippen molar-refractivity contribution in [3.8, 4) is 0 Å². The highest BCUT2D eigenvalue weighted by molar-refractivity contribution is 5.85. The van der Waals surface area contributed by atoms with E-state index in [9.17, 15) is 4.79 Å². The van der Waals surface area contributed by atoms with Crippen LogP contribution in [0.1, 0.15) is 51.4 Å². The molecule has 1 saturated heterocycles. The van der Waals surface area contributed by atoms with Crippen LogP contribution in [0.25, 0.3) is 0 Å². The quantitative estimate of drug-likeness (QED) is 0.866. The summed E-state index contributed by atoms with van der Waals surface area (Å²) in [6.07, 6.45) is 9.12. The summed E-state index contributed by atoms with van der Waals surface area (Å²) in [5.41, 5.74) is 5.86. The molecule has 1 aliphatic carbocycles. The highest BCUT2D eigenvalue weighted by Crippen LogP contribution is 2.20. The number of halogens is 1. The molecule has 0 aromatic heterocycles. The van der Waals surface area contributed by atoms with Gasteiger partial charge < -0.3 is 15.4 Å². The van der Waals surface area contributed by atoms with Crippen LogP contribution in [0.2, 0.25) is 0 Å². The van der Waals surface area contributed by atoms with E-state index in [-0.39, 0.29) is 31.0 Å². The number of nitrogens with two attached hydrogens (primary N) is 1. The third-order valence-electron chi connectivity index (χ3n) is 4.12. The van der Waals surface area contributed by atoms with Gasteiger partial charge in [-0.05, 0) is 38.5 Å². The van der Waals surface area contributed by atoms with Crippen molar-refractivity contribution >= 4 is 18.3 Å².